The summed E-state index contributed by atoms with van der Waals surface area (Å²) in [5.41, 5.74) is 0.710. The number of allylic oxidation sites excluding steroid dienone is 1. The second kappa shape index (κ2) is 14.0. The van der Waals surface area contributed by atoms with Crippen molar-refractivity contribution in [1.29, 1.82) is 0 Å². The van der Waals surface area contributed by atoms with Gasteiger partial charge in [-0.2, -0.15) is 0 Å². The number of hydrogen-bond donors (Lipinski definition) is 2. The smallest absolute Gasteiger partial charge is 0.309 e. The first kappa shape index (κ1) is 40.9. The standard InChI is InChI=1S/C45H74N2O6/c1-28(2)37-31(48)24-45(34(49)27-47(23-22-46(10)11)26-29-12-13-29)21-20-43(8)30(38(37)45)14-15-33-42(7)18-17-35(53-36(50)25-40(3,4)39(51)52)41(5,6)32(42)16-19-44(33,43)9/h28-30,32-35,49H,12-27H2,1-11H3,(H,51,52). The number of aliphatic carboxylic acids is 1. The zero-order chi connectivity index (χ0) is 39.1. The van der Waals surface area contributed by atoms with E-state index in [1.54, 1.807) is 13.8 Å². The van der Waals surface area contributed by atoms with E-state index in [4.69, 9.17) is 4.74 Å². The molecule has 0 heterocycles. The van der Waals surface area contributed by atoms with Crippen molar-refractivity contribution in [2.75, 3.05) is 40.3 Å². The molecule has 2 N–H and O–H groups in total. The summed E-state index contributed by atoms with van der Waals surface area (Å²) in [6.07, 6.45) is 10.2. The number of likely N-dealkylation sites (N-methyl/N-ethyl adjacent to an activating group) is 1. The molecule has 5 fully saturated rings. The van der Waals surface area contributed by atoms with Gasteiger partial charge in [0.2, 0.25) is 0 Å². The summed E-state index contributed by atoms with van der Waals surface area (Å²) < 4.78 is 6.19. The van der Waals surface area contributed by atoms with Crippen molar-refractivity contribution < 1.29 is 29.3 Å². The van der Waals surface area contributed by atoms with Crippen LogP contribution < -0.4 is 0 Å². The first-order valence-electron chi connectivity index (χ1n) is 21.3. The third-order valence-corrected chi connectivity index (χ3v) is 17.0. The molecule has 0 spiro atoms. The second-order valence-electron chi connectivity index (χ2n) is 21.6. The van der Waals surface area contributed by atoms with Crippen molar-refractivity contribution in [2.45, 2.75) is 152 Å². The number of carbonyl (C=O) groups is 3. The summed E-state index contributed by atoms with van der Waals surface area (Å²) in [6, 6.07) is 0. The number of Topliss-reactive ketones (excluding diaryl/α,β-unsaturated/α-hetero) is 1. The summed E-state index contributed by atoms with van der Waals surface area (Å²) in [4.78, 5) is 43.8. The van der Waals surface area contributed by atoms with Crippen molar-refractivity contribution in [3.05, 3.63) is 11.1 Å². The van der Waals surface area contributed by atoms with Gasteiger partial charge < -0.3 is 19.8 Å². The topological polar surface area (TPSA) is 107 Å². The molecular weight excluding hydrogens is 665 g/mol. The minimum absolute atomic E-state index is 0.0156. The normalized spacial score (nSPS) is 38.7. The average Bonchev–Trinajstić information content (AvgIpc) is 3.80. The largest absolute Gasteiger partial charge is 0.481 e. The van der Waals surface area contributed by atoms with Gasteiger partial charge in [0.1, 0.15) is 6.10 Å². The van der Waals surface area contributed by atoms with E-state index in [0.29, 0.717) is 24.8 Å². The quantitative estimate of drug-likeness (QED) is 0.183. The summed E-state index contributed by atoms with van der Waals surface area (Å²) in [5.74, 6) is 0.958. The number of esters is 1. The highest BCUT2D eigenvalue weighted by Gasteiger charge is 2.71. The first-order chi connectivity index (χ1) is 24.5. The number of hydrogen-bond acceptors (Lipinski definition) is 7. The molecule has 8 heteroatoms. The predicted octanol–water partition coefficient (Wildman–Crippen LogP) is 8.01. The van der Waals surface area contributed by atoms with E-state index in [1.165, 1.54) is 18.4 Å². The van der Waals surface area contributed by atoms with Crippen molar-refractivity contribution in [2.24, 2.45) is 62.1 Å². The van der Waals surface area contributed by atoms with E-state index in [2.05, 4.69) is 72.4 Å². The van der Waals surface area contributed by atoms with E-state index < -0.39 is 28.9 Å². The molecule has 6 aliphatic rings. The molecule has 0 radical (unpaired) electrons. The Kier molecular flexibility index (Phi) is 10.8. The number of rotatable bonds is 13. The molecule has 0 aromatic heterocycles. The van der Waals surface area contributed by atoms with Crippen molar-refractivity contribution in [3.63, 3.8) is 0 Å². The summed E-state index contributed by atoms with van der Waals surface area (Å²) in [6.45, 7) is 23.4. The Morgan fingerprint density at radius 1 is 0.887 bits per heavy atom. The van der Waals surface area contributed by atoms with Gasteiger partial charge in [0.15, 0.2) is 5.78 Å². The lowest BCUT2D eigenvalue weighted by Gasteiger charge is -2.72. The van der Waals surface area contributed by atoms with Gasteiger partial charge in [-0.1, -0.05) is 54.0 Å². The number of carboxylic acids is 1. The lowest BCUT2D eigenvalue weighted by atomic mass is 9.33. The highest BCUT2D eigenvalue weighted by Crippen LogP contribution is 2.77. The van der Waals surface area contributed by atoms with Gasteiger partial charge in [0.25, 0.3) is 0 Å². The first-order valence-corrected chi connectivity index (χ1v) is 21.3. The third kappa shape index (κ3) is 6.78. The average molecular weight is 739 g/mol. The molecule has 0 aliphatic heterocycles. The number of nitrogens with zero attached hydrogens (tertiary/aromatic N) is 2. The predicted molar refractivity (Wildman–Crippen MR) is 209 cm³/mol. The van der Waals surface area contributed by atoms with Gasteiger partial charge in [-0.05, 0) is 144 Å². The van der Waals surface area contributed by atoms with Crippen LogP contribution in [0.15, 0.2) is 11.1 Å². The Morgan fingerprint density at radius 3 is 2.17 bits per heavy atom. The summed E-state index contributed by atoms with van der Waals surface area (Å²) in [5, 5.41) is 22.1. The summed E-state index contributed by atoms with van der Waals surface area (Å²) >= 11 is 0. The second-order valence-corrected chi connectivity index (χ2v) is 21.6. The zero-order valence-corrected chi connectivity index (χ0v) is 35.3. The van der Waals surface area contributed by atoms with Gasteiger partial charge in [0, 0.05) is 43.4 Å². The molecule has 8 nitrogen and oxygen atoms in total. The lowest BCUT2D eigenvalue weighted by Crippen LogP contribution is -2.66. The molecule has 0 aromatic rings. The fraction of sp³-hybridized carbons (Fsp3) is 0.889. The van der Waals surface area contributed by atoms with E-state index in [1.807, 2.05) is 0 Å². The van der Waals surface area contributed by atoms with Crippen molar-refractivity contribution >= 4 is 17.7 Å². The van der Waals surface area contributed by atoms with Crippen LogP contribution in [0.1, 0.15) is 139 Å². The van der Waals surface area contributed by atoms with Crippen LogP contribution in [0.3, 0.4) is 0 Å². The monoisotopic (exact) mass is 739 g/mol. The van der Waals surface area contributed by atoms with Gasteiger partial charge in [-0.3, -0.25) is 19.3 Å². The minimum atomic E-state index is -1.16. The van der Waals surface area contributed by atoms with E-state index in [0.717, 1.165) is 82.5 Å². The fourth-order valence-electron chi connectivity index (χ4n) is 13.6. The van der Waals surface area contributed by atoms with Crippen LogP contribution in [-0.4, -0.2) is 90.2 Å². The Hall–Kier alpha value is -1.77. The molecule has 0 saturated heterocycles. The molecule has 5 saturated carbocycles. The molecular formula is C45H74N2O6. The minimum Gasteiger partial charge on any atom is -0.481 e. The number of ketones is 1. The number of carboxylic acid groups (broad SMARTS) is 1. The van der Waals surface area contributed by atoms with Crippen LogP contribution in [0.2, 0.25) is 0 Å². The van der Waals surface area contributed by atoms with Gasteiger partial charge in [-0.25, -0.2) is 0 Å². The lowest BCUT2D eigenvalue weighted by molar-refractivity contribution is -0.235. The van der Waals surface area contributed by atoms with Crippen molar-refractivity contribution in [3.8, 4) is 0 Å². The third-order valence-electron chi connectivity index (χ3n) is 17.0. The van der Waals surface area contributed by atoms with Crippen LogP contribution in [-0.2, 0) is 19.1 Å². The Labute approximate surface area is 321 Å². The highest BCUT2D eigenvalue weighted by molar-refractivity contribution is 6.00. The van der Waals surface area contributed by atoms with Gasteiger partial charge in [0.05, 0.1) is 17.9 Å². The number of ether oxygens (including phenoxy) is 1. The molecule has 9 atom stereocenters. The summed E-state index contributed by atoms with van der Waals surface area (Å²) in [7, 11) is 4.24. The molecule has 6 aliphatic carbocycles. The van der Waals surface area contributed by atoms with Crippen molar-refractivity contribution in [1.82, 2.24) is 9.80 Å². The number of fused-ring (bicyclic) bond motifs is 7. The molecule has 0 amide bonds. The van der Waals surface area contributed by atoms with Gasteiger partial charge in [-0.15, -0.1) is 0 Å². The van der Waals surface area contributed by atoms with Crippen LogP contribution >= 0.6 is 0 Å². The Bertz CT molecular complexity index is 1480. The molecule has 0 bridgehead atoms. The zero-order valence-electron chi connectivity index (χ0n) is 35.3. The van der Waals surface area contributed by atoms with Crippen LogP contribution in [0.5, 0.6) is 0 Å². The SMILES string of the molecule is CC(C)C1=C2C3CCC4C5(C)CCC(OC(=O)CC(C)(C)C(=O)O)C(C)(C)C5CCC4(C)C3(C)CCC2(C(O)CN(CCN(C)C)CC2CC2)CC1=O. The maximum atomic E-state index is 14.2. The maximum Gasteiger partial charge on any atom is 0.309 e. The molecule has 9 unspecified atom stereocenters. The molecule has 53 heavy (non-hydrogen) atoms. The van der Waals surface area contributed by atoms with Gasteiger partial charge >= 0.3 is 11.9 Å². The highest BCUT2D eigenvalue weighted by atomic mass is 16.5. The van der Waals surface area contributed by atoms with Crippen LogP contribution in [0.25, 0.3) is 0 Å². The van der Waals surface area contributed by atoms with E-state index >= 15 is 0 Å². The van der Waals surface area contributed by atoms with Crippen LogP contribution in [0.4, 0.5) is 0 Å². The molecule has 6 rings (SSSR count). The Morgan fingerprint density at radius 2 is 1.57 bits per heavy atom. The number of aliphatic hydroxyl groups is 1. The number of aliphatic hydroxyl groups excluding tert-OH is 1. The molecule has 300 valence electrons. The maximum absolute atomic E-state index is 14.2. The Balaban J connectivity index is 1.28. The fourth-order valence-corrected chi connectivity index (χ4v) is 13.6. The van der Waals surface area contributed by atoms with Crippen LogP contribution in [0, 0.1) is 62.1 Å². The number of carbonyl (C=O) groups excluding carboxylic acids is 2. The molecule has 0 aromatic carbocycles. The van der Waals surface area contributed by atoms with E-state index in [9.17, 15) is 24.6 Å². The van der Waals surface area contributed by atoms with E-state index in [-0.39, 0.29) is 51.8 Å².